The van der Waals surface area contributed by atoms with Crippen molar-refractivity contribution in [3.8, 4) is 0 Å². The van der Waals surface area contributed by atoms with Gasteiger partial charge in [-0.1, -0.05) is 24.3 Å². The molecule has 0 atom stereocenters. The molecular weight excluding hydrogens is 218 g/mol. The minimum absolute atomic E-state index is 0.358. The summed E-state index contributed by atoms with van der Waals surface area (Å²) >= 11 is 0. The molecule has 0 bridgehead atoms. The van der Waals surface area contributed by atoms with E-state index >= 15 is 0 Å². The van der Waals surface area contributed by atoms with Gasteiger partial charge in [0.15, 0.2) is 0 Å². The Labute approximate surface area is 102 Å². The lowest BCUT2D eigenvalue weighted by molar-refractivity contribution is 0.00578. The first kappa shape index (κ1) is 12.6. The maximum atomic E-state index is 12.6. The largest absolute Gasteiger partial charge is 0.494 e. The Bertz CT molecular complexity index is 402. The van der Waals surface area contributed by atoms with Crippen LogP contribution in [0.25, 0.3) is 0 Å². The SMILES string of the molecule is CC1(C)OB(c2cccc(CF)c2)OC1(C)C. The van der Waals surface area contributed by atoms with Crippen LogP contribution in [0.15, 0.2) is 24.3 Å². The zero-order valence-electron chi connectivity index (χ0n) is 10.8. The highest BCUT2D eigenvalue weighted by Crippen LogP contribution is 2.36. The van der Waals surface area contributed by atoms with E-state index in [2.05, 4.69) is 0 Å². The molecule has 1 saturated heterocycles. The molecule has 0 aromatic heterocycles. The van der Waals surface area contributed by atoms with E-state index in [0.717, 1.165) is 5.46 Å². The van der Waals surface area contributed by atoms with Crippen LogP contribution in [0.5, 0.6) is 0 Å². The van der Waals surface area contributed by atoms with Gasteiger partial charge >= 0.3 is 7.12 Å². The van der Waals surface area contributed by atoms with Gasteiger partial charge in [0.25, 0.3) is 0 Å². The Hall–Kier alpha value is -0.865. The number of halogens is 1. The lowest BCUT2D eigenvalue weighted by Crippen LogP contribution is -2.41. The molecule has 2 rings (SSSR count). The van der Waals surface area contributed by atoms with Crippen LogP contribution in [0.1, 0.15) is 33.3 Å². The van der Waals surface area contributed by atoms with Crippen LogP contribution in [0.4, 0.5) is 4.39 Å². The van der Waals surface area contributed by atoms with Gasteiger partial charge < -0.3 is 9.31 Å². The lowest BCUT2D eigenvalue weighted by atomic mass is 9.78. The highest BCUT2D eigenvalue weighted by atomic mass is 19.1. The third-order valence-electron chi connectivity index (χ3n) is 3.63. The number of hydrogen-bond acceptors (Lipinski definition) is 2. The number of rotatable bonds is 2. The van der Waals surface area contributed by atoms with Crippen LogP contribution >= 0.6 is 0 Å². The molecule has 0 saturated carbocycles. The molecule has 2 nitrogen and oxygen atoms in total. The molecule has 0 unspecified atom stereocenters. The van der Waals surface area contributed by atoms with Crippen LogP contribution < -0.4 is 5.46 Å². The molecule has 1 aliphatic heterocycles. The Morgan fingerprint density at radius 1 is 1.12 bits per heavy atom. The van der Waals surface area contributed by atoms with Crippen LogP contribution in [0.2, 0.25) is 0 Å². The van der Waals surface area contributed by atoms with Crippen molar-refractivity contribution in [2.75, 3.05) is 0 Å². The van der Waals surface area contributed by atoms with Gasteiger partial charge in [0.05, 0.1) is 11.2 Å². The van der Waals surface area contributed by atoms with E-state index in [1.54, 1.807) is 12.1 Å². The minimum atomic E-state index is -0.465. The fourth-order valence-corrected chi connectivity index (χ4v) is 1.80. The van der Waals surface area contributed by atoms with Gasteiger partial charge in [0.2, 0.25) is 0 Å². The Balaban J connectivity index is 2.25. The van der Waals surface area contributed by atoms with Crippen molar-refractivity contribution in [2.45, 2.75) is 45.6 Å². The average molecular weight is 236 g/mol. The van der Waals surface area contributed by atoms with Crippen molar-refractivity contribution in [1.82, 2.24) is 0 Å². The van der Waals surface area contributed by atoms with Crippen molar-refractivity contribution in [2.24, 2.45) is 0 Å². The summed E-state index contributed by atoms with van der Waals surface area (Å²) < 4.78 is 24.4. The molecule has 1 aromatic rings. The molecule has 0 N–H and O–H groups in total. The van der Waals surface area contributed by atoms with Crippen LogP contribution in [-0.2, 0) is 16.0 Å². The van der Waals surface area contributed by atoms with Crippen molar-refractivity contribution in [3.05, 3.63) is 29.8 Å². The first-order valence-electron chi connectivity index (χ1n) is 5.86. The van der Waals surface area contributed by atoms with E-state index in [1.165, 1.54) is 0 Å². The summed E-state index contributed by atoms with van der Waals surface area (Å²) in [5, 5.41) is 0. The molecule has 0 amide bonds. The van der Waals surface area contributed by atoms with E-state index in [-0.39, 0.29) is 11.2 Å². The maximum Gasteiger partial charge on any atom is 0.494 e. The highest BCUT2D eigenvalue weighted by molar-refractivity contribution is 6.62. The zero-order valence-corrected chi connectivity index (χ0v) is 10.8. The van der Waals surface area contributed by atoms with Gasteiger partial charge in [0.1, 0.15) is 6.67 Å². The summed E-state index contributed by atoms with van der Waals surface area (Å²) in [6, 6.07) is 7.29. The van der Waals surface area contributed by atoms with E-state index in [9.17, 15) is 4.39 Å². The molecule has 1 heterocycles. The van der Waals surface area contributed by atoms with Crippen molar-refractivity contribution in [3.63, 3.8) is 0 Å². The summed E-state index contributed by atoms with van der Waals surface area (Å²) in [7, 11) is -0.411. The van der Waals surface area contributed by atoms with E-state index in [4.69, 9.17) is 9.31 Å². The number of alkyl halides is 1. The molecule has 17 heavy (non-hydrogen) atoms. The summed E-state index contributed by atoms with van der Waals surface area (Å²) in [4.78, 5) is 0. The second kappa shape index (κ2) is 4.11. The fraction of sp³-hybridized carbons (Fsp3) is 0.538. The predicted octanol–water partition coefficient (Wildman–Crippen LogP) is 2.46. The maximum absolute atomic E-state index is 12.6. The van der Waals surface area contributed by atoms with Gasteiger partial charge in [-0.25, -0.2) is 4.39 Å². The van der Waals surface area contributed by atoms with Gasteiger partial charge in [0, 0.05) is 0 Å². The van der Waals surface area contributed by atoms with Gasteiger partial charge in [-0.3, -0.25) is 0 Å². The minimum Gasteiger partial charge on any atom is -0.399 e. The normalized spacial score (nSPS) is 21.8. The fourth-order valence-electron chi connectivity index (χ4n) is 1.80. The molecule has 0 aliphatic carbocycles. The number of hydrogen-bond donors (Lipinski definition) is 0. The van der Waals surface area contributed by atoms with E-state index < -0.39 is 13.8 Å². The topological polar surface area (TPSA) is 18.5 Å². The third kappa shape index (κ3) is 2.24. The summed E-state index contributed by atoms with van der Waals surface area (Å²) in [5.74, 6) is 0. The third-order valence-corrected chi connectivity index (χ3v) is 3.63. The first-order chi connectivity index (χ1) is 7.86. The Morgan fingerprint density at radius 3 is 2.24 bits per heavy atom. The average Bonchev–Trinajstić information content (AvgIpc) is 2.48. The standard InChI is InChI=1S/C13H18BFO2/c1-12(2)13(3,4)17-14(16-12)11-7-5-6-10(8-11)9-15/h5-8H,9H2,1-4H3. The smallest absolute Gasteiger partial charge is 0.399 e. The van der Waals surface area contributed by atoms with Crippen molar-refractivity contribution >= 4 is 12.6 Å². The Kier molecular flexibility index (Phi) is 3.04. The molecule has 0 spiro atoms. The summed E-state index contributed by atoms with van der Waals surface area (Å²) in [6.07, 6.45) is 0. The van der Waals surface area contributed by atoms with E-state index in [1.807, 2.05) is 39.8 Å². The summed E-state index contributed by atoms with van der Waals surface area (Å²) in [5.41, 5.74) is 0.809. The predicted molar refractivity (Wildman–Crippen MR) is 67.0 cm³/mol. The van der Waals surface area contributed by atoms with Crippen LogP contribution in [-0.4, -0.2) is 18.3 Å². The van der Waals surface area contributed by atoms with E-state index in [0.29, 0.717) is 5.56 Å². The second-order valence-electron chi connectivity index (χ2n) is 5.47. The van der Waals surface area contributed by atoms with Crippen LogP contribution in [0, 0.1) is 0 Å². The van der Waals surface area contributed by atoms with Gasteiger partial charge in [-0.15, -0.1) is 0 Å². The molecular formula is C13H18BFO2. The van der Waals surface area contributed by atoms with Gasteiger partial charge in [-0.05, 0) is 38.7 Å². The molecule has 1 aromatic carbocycles. The zero-order chi connectivity index (χ0) is 12.7. The second-order valence-corrected chi connectivity index (χ2v) is 5.47. The molecule has 1 fully saturated rings. The number of benzene rings is 1. The monoisotopic (exact) mass is 236 g/mol. The lowest BCUT2D eigenvalue weighted by Gasteiger charge is -2.32. The molecule has 4 heteroatoms. The first-order valence-corrected chi connectivity index (χ1v) is 5.86. The molecule has 0 radical (unpaired) electrons. The van der Waals surface area contributed by atoms with Crippen molar-refractivity contribution < 1.29 is 13.7 Å². The van der Waals surface area contributed by atoms with Crippen molar-refractivity contribution in [1.29, 1.82) is 0 Å². The summed E-state index contributed by atoms with van der Waals surface area (Å²) in [6.45, 7) is 7.56. The van der Waals surface area contributed by atoms with Gasteiger partial charge in [-0.2, -0.15) is 0 Å². The quantitative estimate of drug-likeness (QED) is 0.734. The van der Waals surface area contributed by atoms with Crippen LogP contribution in [0.3, 0.4) is 0 Å². The molecule has 92 valence electrons. The highest BCUT2D eigenvalue weighted by Gasteiger charge is 2.51. The molecule has 1 aliphatic rings. The Morgan fingerprint density at radius 2 is 1.71 bits per heavy atom.